The monoisotopic (exact) mass is 371 g/mol. The number of esters is 1. The zero-order valence-electron chi connectivity index (χ0n) is 15.7. The fourth-order valence-corrected chi connectivity index (χ4v) is 2.61. The van der Waals surface area contributed by atoms with Crippen LogP contribution in [0.25, 0.3) is 10.9 Å². The van der Waals surface area contributed by atoms with Gasteiger partial charge >= 0.3 is 5.97 Å². The van der Waals surface area contributed by atoms with E-state index in [1.807, 2.05) is 42.5 Å². The zero-order valence-corrected chi connectivity index (χ0v) is 15.7. The van der Waals surface area contributed by atoms with Crippen LogP contribution < -0.4 is 4.74 Å². The molecule has 0 amide bonds. The van der Waals surface area contributed by atoms with Gasteiger partial charge in [-0.15, -0.1) is 0 Å². The van der Waals surface area contributed by atoms with E-state index in [0.717, 1.165) is 62.6 Å². The van der Waals surface area contributed by atoms with Crippen LogP contribution in [0.2, 0.25) is 0 Å². The fraction of sp³-hybridized carbons (Fsp3) is 0.364. The highest BCUT2D eigenvalue weighted by atomic mass is 19.1. The minimum atomic E-state index is -0.944. The first-order chi connectivity index (χ1) is 13.2. The third-order valence-electron chi connectivity index (χ3n) is 4.10. The van der Waals surface area contributed by atoms with Crippen molar-refractivity contribution >= 4 is 16.9 Å². The van der Waals surface area contributed by atoms with Gasteiger partial charge < -0.3 is 9.47 Å². The van der Waals surface area contributed by atoms with E-state index >= 15 is 0 Å². The molecule has 0 aliphatic rings. The minimum Gasteiger partial charge on any atom is -0.478 e. The van der Waals surface area contributed by atoms with Crippen molar-refractivity contribution in [3.05, 3.63) is 60.5 Å². The number of fused-ring (bicyclic) bond motifs is 1. The van der Waals surface area contributed by atoms with Crippen LogP contribution in [0.3, 0.4) is 0 Å². The number of methoxy groups -OCH3 is 1. The number of hydrogen-bond donors (Lipinski definition) is 0. The largest absolute Gasteiger partial charge is 0.478 e. The number of hydrogen-bond acceptors (Lipinski definition) is 4. The number of para-hydroxylation sites is 1. The summed E-state index contributed by atoms with van der Waals surface area (Å²) in [5.74, 6) is -1.15. The molecule has 0 radical (unpaired) electrons. The zero-order chi connectivity index (χ0) is 19.3. The van der Waals surface area contributed by atoms with E-state index in [2.05, 4.69) is 9.72 Å². The molecule has 1 aromatic carbocycles. The van der Waals surface area contributed by atoms with Gasteiger partial charge in [0.05, 0.1) is 19.2 Å². The van der Waals surface area contributed by atoms with Gasteiger partial charge in [0.25, 0.3) is 0 Å². The Morgan fingerprint density at radius 2 is 1.85 bits per heavy atom. The van der Waals surface area contributed by atoms with E-state index in [-0.39, 0.29) is 0 Å². The summed E-state index contributed by atoms with van der Waals surface area (Å²) in [6.45, 7) is 0.669. The van der Waals surface area contributed by atoms with E-state index in [1.165, 1.54) is 0 Å². The average Bonchev–Trinajstić information content (AvgIpc) is 2.71. The summed E-state index contributed by atoms with van der Waals surface area (Å²) in [5, 5.41) is 1.11. The van der Waals surface area contributed by atoms with Gasteiger partial charge in [-0.25, -0.2) is 9.78 Å². The van der Waals surface area contributed by atoms with Gasteiger partial charge in [0, 0.05) is 11.5 Å². The standard InChI is InChI=1S/C22H26FNO3/c1-26-22(25)19(23)13-8-6-4-2-3-5-7-11-17-27-21-16-15-18-12-9-10-14-20(18)24-21/h6,8-10,12-16H,2-5,7,11,17H2,1H3/b8-6+,19-13-. The quantitative estimate of drug-likeness (QED) is 0.225. The molecule has 2 aromatic rings. The highest BCUT2D eigenvalue weighted by Gasteiger charge is 2.05. The SMILES string of the molecule is COC(=O)/C(F)=C/C=C/CCCCCCCOc1ccc2ccccc2n1. The van der Waals surface area contributed by atoms with Gasteiger partial charge in [-0.3, -0.25) is 0 Å². The topological polar surface area (TPSA) is 48.4 Å². The Kier molecular flexibility index (Phi) is 9.04. The first kappa shape index (κ1) is 20.6. The first-order valence-electron chi connectivity index (χ1n) is 9.30. The van der Waals surface area contributed by atoms with Crippen LogP contribution in [0.5, 0.6) is 5.88 Å². The molecule has 0 bridgehead atoms. The van der Waals surface area contributed by atoms with Crippen LogP contribution in [0.1, 0.15) is 38.5 Å². The third kappa shape index (κ3) is 7.60. The van der Waals surface area contributed by atoms with Gasteiger partial charge in [-0.1, -0.05) is 49.6 Å². The molecular formula is C22H26FNO3. The summed E-state index contributed by atoms with van der Waals surface area (Å²) in [6, 6.07) is 11.9. The molecular weight excluding hydrogens is 345 g/mol. The molecule has 0 fully saturated rings. The van der Waals surface area contributed by atoms with Crippen molar-refractivity contribution in [2.24, 2.45) is 0 Å². The Labute approximate surface area is 159 Å². The first-order valence-corrected chi connectivity index (χ1v) is 9.30. The average molecular weight is 371 g/mol. The molecule has 0 aliphatic heterocycles. The number of aromatic nitrogens is 1. The molecule has 4 nitrogen and oxygen atoms in total. The summed E-state index contributed by atoms with van der Waals surface area (Å²) in [5.41, 5.74) is 0.948. The smallest absolute Gasteiger partial charge is 0.366 e. The lowest BCUT2D eigenvalue weighted by atomic mass is 10.1. The number of benzene rings is 1. The van der Waals surface area contributed by atoms with Crippen molar-refractivity contribution in [1.82, 2.24) is 4.98 Å². The number of pyridine rings is 1. The van der Waals surface area contributed by atoms with Crippen molar-refractivity contribution in [1.29, 1.82) is 0 Å². The molecule has 5 heteroatoms. The van der Waals surface area contributed by atoms with E-state index in [9.17, 15) is 9.18 Å². The van der Waals surface area contributed by atoms with E-state index in [4.69, 9.17) is 4.74 Å². The molecule has 0 saturated heterocycles. The lowest BCUT2D eigenvalue weighted by molar-refractivity contribution is -0.137. The van der Waals surface area contributed by atoms with Crippen molar-refractivity contribution in [3.8, 4) is 5.88 Å². The predicted molar refractivity (Wildman–Crippen MR) is 105 cm³/mol. The second kappa shape index (κ2) is 11.8. The number of carbonyl (C=O) groups excluding carboxylic acids is 1. The molecule has 0 unspecified atom stereocenters. The maximum absolute atomic E-state index is 13.1. The predicted octanol–water partition coefficient (Wildman–Crippen LogP) is 5.54. The lowest BCUT2D eigenvalue weighted by Gasteiger charge is -2.06. The molecule has 0 spiro atoms. The normalized spacial score (nSPS) is 11.9. The van der Waals surface area contributed by atoms with Gasteiger partial charge in [0.15, 0.2) is 0 Å². The van der Waals surface area contributed by atoms with E-state index in [1.54, 1.807) is 6.08 Å². The minimum absolute atomic E-state index is 0.669. The fourth-order valence-electron chi connectivity index (χ4n) is 2.61. The molecule has 2 rings (SSSR count). The number of unbranched alkanes of at least 4 members (excludes halogenated alkanes) is 5. The van der Waals surface area contributed by atoms with Crippen LogP contribution in [0, 0.1) is 0 Å². The number of halogens is 1. The lowest BCUT2D eigenvalue weighted by Crippen LogP contribution is -1.99. The van der Waals surface area contributed by atoms with Crippen LogP contribution >= 0.6 is 0 Å². The van der Waals surface area contributed by atoms with Gasteiger partial charge in [0.2, 0.25) is 11.7 Å². The molecule has 27 heavy (non-hydrogen) atoms. The number of allylic oxidation sites excluding steroid dienone is 3. The Balaban J connectivity index is 1.51. The molecule has 0 aliphatic carbocycles. The van der Waals surface area contributed by atoms with Crippen molar-refractivity contribution in [2.45, 2.75) is 38.5 Å². The Morgan fingerprint density at radius 3 is 2.70 bits per heavy atom. The van der Waals surface area contributed by atoms with Crippen LogP contribution in [0.4, 0.5) is 4.39 Å². The van der Waals surface area contributed by atoms with Gasteiger partial charge in [-0.2, -0.15) is 4.39 Å². The van der Waals surface area contributed by atoms with Crippen LogP contribution in [-0.4, -0.2) is 24.7 Å². The van der Waals surface area contributed by atoms with E-state index in [0.29, 0.717) is 12.5 Å². The number of rotatable bonds is 11. The van der Waals surface area contributed by atoms with Crippen LogP contribution in [-0.2, 0) is 9.53 Å². The molecule has 1 heterocycles. The molecule has 144 valence electrons. The maximum Gasteiger partial charge on any atom is 0.366 e. The number of carbonyl (C=O) groups is 1. The van der Waals surface area contributed by atoms with Gasteiger partial charge in [-0.05, 0) is 37.5 Å². The summed E-state index contributed by atoms with van der Waals surface area (Å²) in [4.78, 5) is 15.3. The summed E-state index contributed by atoms with van der Waals surface area (Å²) in [7, 11) is 1.16. The molecule has 1 aromatic heterocycles. The van der Waals surface area contributed by atoms with Crippen molar-refractivity contribution in [2.75, 3.05) is 13.7 Å². The van der Waals surface area contributed by atoms with E-state index < -0.39 is 11.8 Å². The Hall–Kier alpha value is -2.69. The Bertz CT molecular complexity index is 786. The van der Waals surface area contributed by atoms with Crippen molar-refractivity contribution < 1.29 is 18.7 Å². The maximum atomic E-state index is 13.1. The van der Waals surface area contributed by atoms with Crippen molar-refractivity contribution in [3.63, 3.8) is 0 Å². The summed E-state index contributed by atoms with van der Waals surface area (Å²) >= 11 is 0. The molecule has 0 saturated carbocycles. The highest BCUT2D eigenvalue weighted by Crippen LogP contribution is 2.16. The van der Waals surface area contributed by atoms with Crippen LogP contribution in [0.15, 0.2) is 60.5 Å². The summed E-state index contributed by atoms with van der Waals surface area (Å²) in [6.07, 6.45) is 10.8. The third-order valence-corrected chi connectivity index (χ3v) is 4.10. The highest BCUT2D eigenvalue weighted by molar-refractivity contribution is 5.86. The second-order valence-corrected chi connectivity index (χ2v) is 6.18. The second-order valence-electron chi connectivity index (χ2n) is 6.18. The number of ether oxygens (including phenoxy) is 2. The Morgan fingerprint density at radius 1 is 1.07 bits per heavy atom. The van der Waals surface area contributed by atoms with Gasteiger partial charge in [0.1, 0.15) is 0 Å². The summed E-state index contributed by atoms with van der Waals surface area (Å²) < 4.78 is 23.1. The number of nitrogens with zero attached hydrogens (tertiary/aromatic N) is 1. The molecule has 0 atom stereocenters. The molecule has 0 N–H and O–H groups in total.